The van der Waals surface area contributed by atoms with Crippen LogP contribution in [-0.2, 0) is 12.3 Å². The van der Waals surface area contributed by atoms with Crippen molar-refractivity contribution in [2.24, 2.45) is 0 Å². The molecule has 0 unspecified atom stereocenters. The summed E-state index contributed by atoms with van der Waals surface area (Å²) >= 11 is 1.46. The number of urea groups is 1. The van der Waals surface area contributed by atoms with Crippen molar-refractivity contribution in [3.05, 3.63) is 99.9 Å². The van der Waals surface area contributed by atoms with Gasteiger partial charge in [-0.2, -0.15) is 0 Å². The Hall–Kier alpha value is -4.38. The Bertz CT molecular complexity index is 1360. The number of ether oxygens (including phenoxy) is 1. The normalized spacial score (nSPS) is 10.6. The zero-order valence-corrected chi connectivity index (χ0v) is 20.5. The lowest BCUT2D eigenvalue weighted by molar-refractivity contribution is -0.384. The van der Waals surface area contributed by atoms with Crippen LogP contribution in [-0.4, -0.2) is 32.8 Å². The van der Waals surface area contributed by atoms with Crippen LogP contribution in [0.2, 0.25) is 0 Å². The Morgan fingerprint density at radius 3 is 2.53 bits per heavy atom. The van der Waals surface area contributed by atoms with Gasteiger partial charge in [0.1, 0.15) is 5.75 Å². The number of hydrogen-bond donors (Lipinski definition) is 2. The van der Waals surface area contributed by atoms with Crippen molar-refractivity contribution in [1.29, 1.82) is 0 Å². The smallest absolute Gasteiger partial charge is 0.319 e. The van der Waals surface area contributed by atoms with E-state index in [0.717, 1.165) is 16.9 Å². The molecule has 1 heterocycles. The molecule has 0 atom stereocenters. The molecule has 2 amide bonds. The van der Waals surface area contributed by atoms with Gasteiger partial charge in [-0.15, -0.1) is 10.2 Å². The summed E-state index contributed by atoms with van der Waals surface area (Å²) < 4.78 is 7.07. The second-order valence-corrected chi connectivity index (χ2v) is 8.76. The highest BCUT2D eigenvalue weighted by atomic mass is 32.2. The predicted octanol–water partition coefficient (Wildman–Crippen LogP) is 5.11. The van der Waals surface area contributed by atoms with E-state index in [-0.39, 0.29) is 18.3 Å². The summed E-state index contributed by atoms with van der Waals surface area (Å²) in [6.07, 6.45) is 0. The number of nitro benzene ring substituents is 1. The maximum atomic E-state index is 12.4. The molecule has 0 spiro atoms. The number of aryl methyl sites for hydroxylation is 1. The van der Waals surface area contributed by atoms with E-state index in [1.807, 2.05) is 55.5 Å². The molecule has 0 bridgehead atoms. The van der Waals surface area contributed by atoms with Crippen molar-refractivity contribution in [3.63, 3.8) is 0 Å². The zero-order valence-electron chi connectivity index (χ0n) is 19.7. The number of methoxy groups -OCH3 is 1. The van der Waals surface area contributed by atoms with Crippen LogP contribution in [0, 0.1) is 17.0 Å². The van der Waals surface area contributed by atoms with Gasteiger partial charge in [0.25, 0.3) is 5.69 Å². The van der Waals surface area contributed by atoms with E-state index in [4.69, 9.17) is 4.74 Å². The van der Waals surface area contributed by atoms with Gasteiger partial charge in [-0.3, -0.25) is 14.7 Å². The van der Waals surface area contributed by atoms with Crippen LogP contribution in [0.3, 0.4) is 0 Å². The van der Waals surface area contributed by atoms with E-state index in [0.29, 0.717) is 28.1 Å². The Balaban J connectivity index is 1.54. The number of nitro groups is 1. The lowest BCUT2D eigenvalue weighted by Crippen LogP contribution is -2.29. The van der Waals surface area contributed by atoms with Gasteiger partial charge >= 0.3 is 6.03 Å². The van der Waals surface area contributed by atoms with Crippen molar-refractivity contribution in [3.8, 4) is 11.4 Å². The predicted molar refractivity (Wildman–Crippen MR) is 138 cm³/mol. The molecule has 1 aromatic heterocycles. The minimum absolute atomic E-state index is 0.0189. The van der Waals surface area contributed by atoms with Crippen LogP contribution < -0.4 is 15.4 Å². The summed E-state index contributed by atoms with van der Waals surface area (Å²) in [5, 5.41) is 25.9. The first-order valence-electron chi connectivity index (χ1n) is 11.0. The number of anilines is 1. The van der Waals surface area contributed by atoms with E-state index < -0.39 is 4.92 Å². The van der Waals surface area contributed by atoms with E-state index in [2.05, 4.69) is 20.8 Å². The molecule has 0 aliphatic carbocycles. The molecule has 0 aliphatic heterocycles. The Morgan fingerprint density at radius 1 is 1.08 bits per heavy atom. The summed E-state index contributed by atoms with van der Waals surface area (Å²) in [5.41, 5.74) is 3.43. The molecule has 0 saturated heterocycles. The number of non-ortho nitro benzene ring substituents is 1. The van der Waals surface area contributed by atoms with Crippen LogP contribution in [0.15, 0.2) is 78.0 Å². The fourth-order valence-corrected chi connectivity index (χ4v) is 4.29. The van der Waals surface area contributed by atoms with Crippen molar-refractivity contribution >= 4 is 29.2 Å². The number of nitrogens with zero attached hydrogens (tertiary/aromatic N) is 4. The maximum absolute atomic E-state index is 12.4. The standard InChI is InChI=1S/C25H24N6O4S/c1-17-6-8-19(9-7-17)27-24(32)26-15-23-28-29-25(36-16-18-4-3-5-22(14-18)35-2)30(23)20-10-12-21(13-11-20)31(33)34/h3-14H,15-16H2,1-2H3,(H2,26,27,32). The van der Waals surface area contributed by atoms with Gasteiger partial charge in [0.05, 0.1) is 18.6 Å². The van der Waals surface area contributed by atoms with Crippen molar-refractivity contribution in [2.45, 2.75) is 24.4 Å². The number of benzene rings is 3. The number of carbonyl (C=O) groups excluding carboxylic acids is 1. The first kappa shape index (κ1) is 24.7. The maximum Gasteiger partial charge on any atom is 0.319 e. The topological polar surface area (TPSA) is 124 Å². The van der Waals surface area contributed by atoms with Gasteiger partial charge in [-0.1, -0.05) is 41.6 Å². The second-order valence-electron chi connectivity index (χ2n) is 7.82. The molecule has 4 rings (SSSR count). The molecule has 0 radical (unpaired) electrons. The number of thioether (sulfide) groups is 1. The first-order valence-corrected chi connectivity index (χ1v) is 12.0. The van der Waals surface area contributed by atoms with Gasteiger partial charge in [-0.05, 0) is 48.9 Å². The summed E-state index contributed by atoms with van der Waals surface area (Å²) in [4.78, 5) is 23.1. The van der Waals surface area contributed by atoms with Crippen molar-refractivity contribution in [1.82, 2.24) is 20.1 Å². The van der Waals surface area contributed by atoms with Crippen LogP contribution in [0.4, 0.5) is 16.2 Å². The summed E-state index contributed by atoms with van der Waals surface area (Å²) in [6, 6.07) is 20.9. The van der Waals surface area contributed by atoms with Crippen molar-refractivity contribution < 1.29 is 14.5 Å². The molecule has 36 heavy (non-hydrogen) atoms. The van der Waals surface area contributed by atoms with Gasteiger partial charge in [0.2, 0.25) is 0 Å². The number of carbonyl (C=O) groups is 1. The zero-order chi connectivity index (χ0) is 25.5. The molecule has 2 N–H and O–H groups in total. The van der Waals surface area contributed by atoms with Gasteiger partial charge in [0.15, 0.2) is 11.0 Å². The molecule has 0 saturated carbocycles. The van der Waals surface area contributed by atoms with Crippen LogP contribution in [0.1, 0.15) is 17.0 Å². The SMILES string of the molecule is COc1cccc(CSc2nnc(CNC(=O)Nc3ccc(C)cc3)n2-c2ccc([N+](=O)[O-])cc2)c1. The van der Waals surface area contributed by atoms with E-state index in [1.165, 1.54) is 23.9 Å². The molecule has 0 aliphatic rings. The summed E-state index contributed by atoms with van der Waals surface area (Å²) in [5.74, 6) is 1.84. The van der Waals surface area contributed by atoms with Gasteiger partial charge in [0, 0.05) is 29.3 Å². The summed E-state index contributed by atoms with van der Waals surface area (Å²) in [6.45, 7) is 2.07. The van der Waals surface area contributed by atoms with Gasteiger partial charge in [-0.25, -0.2) is 4.79 Å². The molecule has 3 aromatic carbocycles. The fraction of sp³-hybridized carbons (Fsp3) is 0.160. The molecule has 4 aromatic rings. The van der Waals surface area contributed by atoms with Crippen molar-refractivity contribution in [2.75, 3.05) is 12.4 Å². The molecule has 0 fully saturated rings. The lowest BCUT2D eigenvalue weighted by atomic mass is 10.2. The Morgan fingerprint density at radius 2 is 1.83 bits per heavy atom. The number of amides is 2. The Kier molecular flexibility index (Phi) is 7.81. The average Bonchev–Trinajstić information content (AvgIpc) is 3.30. The quantitative estimate of drug-likeness (QED) is 0.184. The minimum atomic E-state index is -0.452. The molecule has 11 heteroatoms. The highest BCUT2D eigenvalue weighted by molar-refractivity contribution is 7.98. The molecule has 10 nitrogen and oxygen atoms in total. The van der Waals surface area contributed by atoms with E-state index >= 15 is 0 Å². The second kappa shape index (κ2) is 11.4. The Labute approximate surface area is 211 Å². The number of nitrogens with one attached hydrogen (secondary N) is 2. The number of aromatic nitrogens is 3. The summed E-state index contributed by atoms with van der Waals surface area (Å²) in [7, 11) is 1.62. The lowest BCUT2D eigenvalue weighted by Gasteiger charge is -2.12. The van der Waals surface area contributed by atoms with Crippen LogP contribution in [0.5, 0.6) is 5.75 Å². The minimum Gasteiger partial charge on any atom is -0.497 e. The largest absolute Gasteiger partial charge is 0.497 e. The van der Waals surface area contributed by atoms with Crippen LogP contribution in [0.25, 0.3) is 5.69 Å². The number of hydrogen-bond acceptors (Lipinski definition) is 7. The number of rotatable bonds is 9. The molecular formula is C25H24N6O4S. The molecule has 184 valence electrons. The fourth-order valence-electron chi connectivity index (χ4n) is 3.37. The van der Waals surface area contributed by atoms with E-state index in [9.17, 15) is 14.9 Å². The third-order valence-electron chi connectivity index (χ3n) is 5.24. The third-order valence-corrected chi connectivity index (χ3v) is 6.24. The highest BCUT2D eigenvalue weighted by Crippen LogP contribution is 2.27. The highest BCUT2D eigenvalue weighted by Gasteiger charge is 2.17. The monoisotopic (exact) mass is 504 g/mol. The van der Waals surface area contributed by atoms with Gasteiger partial charge < -0.3 is 15.4 Å². The first-order chi connectivity index (χ1) is 17.4. The molecular weight excluding hydrogens is 480 g/mol. The third kappa shape index (κ3) is 6.19. The average molecular weight is 505 g/mol. The van der Waals surface area contributed by atoms with E-state index in [1.54, 1.807) is 23.8 Å². The van der Waals surface area contributed by atoms with Crippen LogP contribution >= 0.6 is 11.8 Å².